The van der Waals surface area contributed by atoms with Crippen LogP contribution in [-0.4, -0.2) is 24.4 Å². The average molecular weight is 338 g/mol. The zero-order valence-corrected chi connectivity index (χ0v) is 14.1. The Balaban J connectivity index is 0.00000192. The van der Waals surface area contributed by atoms with Gasteiger partial charge in [0.05, 0.1) is 0 Å². The van der Waals surface area contributed by atoms with Gasteiger partial charge in [0.1, 0.15) is 0 Å². The number of amides is 2. The fourth-order valence-electron chi connectivity index (χ4n) is 2.84. The summed E-state index contributed by atoms with van der Waals surface area (Å²) in [5.74, 6) is 0.454. The lowest BCUT2D eigenvalue weighted by atomic mass is 9.92. The molecule has 5 nitrogen and oxygen atoms in total. The predicted octanol–water partition coefficient (Wildman–Crippen LogP) is 2.78. The topological polar surface area (TPSA) is 70.2 Å². The van der Waals surface area contributed by atoms with Crippen molar-refractivity contribution in [3.05, 3.63) is 24.3 Å². The third-order valence-electron chi connectivity index (χ3n) is 4.36. The molecule has 1 saturated heterocycles. The zero-order valence-electron chi connectivity index (χ0n) is 13.3. The Morgan fingerprint density at radius 1 is 0.957 bits per heavy atom. The van der Waals surface area contributed by atoms with Crippen molar-refractivity contribution in [1.29, 1.82) is 0 Å². The van der Waals surface area contributed by atoms with E-state index >= 15 is 0 Å². The Morgan fingerprint density at radius 3 is 1.96 bits per heavy atom. The highest BCUT2D eigenvalue weighted by atomic mass is 35.5. The summed E-state index contributed by atoms with van der Waals surface area (Å²) in [4.78, 5) is 24.0. The Morgan fingerprint density at radius 2 is 1.48 bits per heavy atom. The number of hydrogen-bond acceptors (Lipinski definition) is 3. The van der Waals surface area contributed by atoms with Crippen LogP contribution in [0.1, 0.15) is 32.6 Å². The number of benzene rings is 1. The van der Waals surface area contributed by atoms with Gasteiger partial charge < -0.3 is 16.0 Å². The molecule has 0 radical (unpaired) electrons. The molecule has 0 spiro atoms. The number of carbonyl (C=O) groups excluding carboxylic acids is 2. The molecule has 0 aromatic heterocycles. The molecule has 1 heterocycles. The molecule has 1 saturated carbocycles. The number of piperidine rings is 1. The average Bonchev–Trinajstić information content (AvgIpc) is 3.34. The molecule has 1 aromatic carbocycles. The van der Waals surface area contributed by atoms with Crippen LogP contribution in [0.5, 0.6) is 0 Å². The van der Waals surface area contributed by atoms with Crippen molar-refractivity contribution in [2.24, 2.45) is 11.8 Å². The largest absolute Gasteiger partial charge is 0.326 e. The molecule has 0 bridgehead atoms. The van der Waals surface area contributed by atoms with E-state index in [9.17, 15) is 9.59 Å². The van der Waals surface area contributed by atoms with Crippen LogP contribution in [0.4, 0.5) is 11.4 Å². The smallest absolute Gasteiger partial charge is 0.227 e. The van der Waals surface area contributed by atoms with E-state index in [1.807, 2.05) is 24.3 Å². The molecule has 0 unspecified atom stereocenters. The van der Waals surface area contributed by atoms with Crippen molar-refractivity contribution < 1.29 is 9.59 Å². The highest BCUT2D eigenvalue weighted by Gasteiger charge is 2.29. The quantitative estimate of drug-likeness (QED) is 0.791. The molecule has 1 aliphatic carbocycles. The second kappa shape index (κ2) is 7.79. The summed E-state index contributed by atoms with van der Waals surface area (Å²) < 4.78 is 0. The maximum atomic E-state index is 12.3. The maximum Gasteiger partial charge on any atom is 0.227 e. The lowest BCUT2D eigenvalue weighted by Gasteiger charge is -2.27. The van der Waals surface area contributed by atoms with Crippen molar-refractivity contribution in [3.8, 4) is 0 Å². The maximum absolute atomic E-state index is 12.3. The van der Waals surface area contributed by atoms with Crippen molar-refractivity contribution in [1.82, 2.24) is 5.32 Å². The fraction of sp³-hybridized carbons (Fsp3) is 0.529. The van der Waals surface area contributed by atoms with E-state index in [0.29, 0.717) is 6.04 Å². The second-order valence-electron chi connectivity index (χ2n) is 6.41. The molecule has 2 aliphatic rings. The third-order valence-corrected chi connectivity index (χ3v) is 4.36. The Bertz CT molecular complexity index is 557. The van der Waals surface area contributed by atoms with E-state index in [0.717, 1.165) is 43.6 Å². The molecule has 1 aliphatic heterocycles. The van der Waals surface area contributed by atoms with E-state index in [1.165, 1.54) is 0 Å². The fourth-order valence-corrected chi connectivity index (χ4v) is 2.84. The van der Waals surface area contributed by atoms with Crippen LogP contribution >= 0.6 is 12.4 Å². The van der Waals surface area contributed by atoms with Crippen LogP contribution in [0.3, 0.4) is 0 Å². The number of anilines is 2. The molecule has 1 aromatic rings. The van der Waals surface area contributed by atoms with E-state index in [-0.39, 0.29) is 36.1 Å². The normalized spacial score (nSPS) is 23.5. The summed E-state index contributed by atoms with van der Waals surface area (Å²) >= 11 is 0. The third kappa shape index (κ3) is 4.94. The molecule has 2 amide bonds. The molecule has 126 valence electrons. The van der Waals surface area contributed by atoms with Gasteiger partial charge >= 0.3 is 0 Å². The van der Waals surface area contributed by atoms with Gasteiger partial charge in [0.15, 0.2) is 0 Å². The Kier molecular flexibility index (Phi) is 6.02. The number of carbonyl (C=O) groups is 2. The van der Waals surface area contributed by atoms with Crippen molar-refractivity contribution >= 4 is 35.6 Å². The van der Waals surface area contributed by atoms with Crippen LogP contribution < -0.4 is 16.0 Å². The van der Waals surface area contributed by atoms with Gasteiger partial charge in [-0.2, -0.15) is 0 Å². The Labute approximate surface area is 143 Å². The van der Waals surface area contributed by atoms with Crippen LogP contribution in [0.2, 0.25) is 0 Å². The summed E-state index contributed by atoms with van der Waals surface area (Å²) in [5, 5.41) is 9.21. The lowest BCUT2D eigenvalue weighted by molar-refractivity contribution is -0.121. The number of hydrogen-bond donors (Lipinski definition) is 3. The van der Waals surface area contributed by atoms with Gasteiger partial charge in [-0.25, -0.2) is 0 Å². The molecular weight excluding hydrogens is 314 g/mol. The molecule has 6 heteroatoms. The minimum Gasteiger partial charge on any atom is -0.326 e. The highest BCUT2D eigenvalue weighted by molar-refractivity contribution is 5.95. The van der Waals surface area contributed by atoms with E-state index in [4.69, 9.17) is 0 Å². The van der Waals surface area contributed by atoms with Gasteiger partial charge in [0, 0.05) is 29.3 Å². The monoisotopic (exact) mass is 337 g/mol. The van der Waals surface area contributed by atoms with Gasteiger partial charge in [0.25, 0.3) is 0 Å². The van der Waals surface area contributed by atoms with Crippen molar-refractivity contribution in [3.63, 3.8) is 0 Å². The molecule has 2 atom stereocenters. The van der Waals surface area contributed by atoms with Crippen LogP contribution in [0, 0.1) is 11.8 Å². The number of nitrogens with one attached hydrogen (secondary N) is 3. The van der Waals surface area contributed by atoms with E-state index in [1.54, 1.807) is 0 Å². The minimum absolute atomic E-state index is 0. The van der Waals surface area contributed by atoms with Gasteiger partial charge in [-0.1, -0.05) is 0 Å². The van der Waals surface area contributed by atoms with Crippen LogP contribution in [0.25, 0.3) is 0 Å². The molecule has 3 rings (SSSR count). The van der Waals surface area contributed by atoms with Crippen molar-refractivity contribution in [2.75, 3.05) is 17.2 Å². The first-order valence-electron chi connectivity index (χ1n) is 8.07. The number of rotatable bonds is 4. The molecular formula is C17H24ClN3O2. The first-order valence-corrected chi connectivity index (χ1v) is 8.07. The highest BCUT2D eigenvalue weighted by Crippen LogP contribution is 2.30. The SMILES string of the molecule is C[C@H]1C[C@@H](C(=O)Nc2ccc(NC(=O)C3CC3)cc2)CCN1.Cl. The van der Waals surface area contributed by atoms with Gasteiger partial charge in [0.2, 0.25) is 11.8 Å². The van der Waals surface area contributed by atoms with Gasteiger partial charge in [-0.15, -0.1) is 12.4 Å². The summed E-state index contributed by atoms with van der Waals surface area (Å²) in [5.41, 5.74) is 1.56. The summed E-state index contributed by atoms with van der Waals surface area (Å²) in [7, 11) is 0. The second-order valence-corrected chi connectivity index (χ2v) is 6.41. The molecule has 23 heavy (non-hydrogen) atoms. The summed E-state index contributed by atoms with van der Waals surface area (Å²) in [6.07, 6.45) is 3.75. The Hall–Kier alpha value is -1.59. The first-order chi connectivity index (χ1) is 10.6. The van der Waals surface area contributed by atoms with Gasteiger partial charge in [-0.05, 0) is 63.4 Å². The molecule has 3 N–H and O–H groups in total. The lowest BCUT2D eigenvalue weighted by Crippen LogP contribution is -2.40. The predicted molar refractivity (Wildman–Crippen MR) is 93.9 cm³/mol. The summed E-state index contributed by atoms with van der Waals surface area (Å²) in [6.45, 7) is 3.00. The first kappa shape index (κ1) is 17.8. The molecule has 2 fully saturated rings. The van der Waals surface area contributed by atoms with E-state index in [2.05, 4.69) is 22.9 Å². The standard InChI is InChI=1S/C17H23N3O2.ClH/c1-11-10-13(8-9-18-11)17(22)20-15-6-4-14(5-7-15)19-16(21)12-2-3-12;/h4-7,11-13,18H,2-3,8-10H2,1H3,(H,19,21)(H,20,22);1H/t11-,13-;/m0./s1. The van der Waals surface area contributed by atoms with Crippen molar-refractivity contribution in [2.45, 2.75) is 38.6 Å². The minimum atomic E-state index is 0. The van der Waals surface area contributed by atoms with Gasteiger partial charge in [-0.3, -0.25) is 9.59 Å². The van der Waals surface area contributed by atoms with E-state index < -0.39 is 0 Å². The van der Waals surface area contributed by atoms with Crippen LogP contribution in [0.15, 0.2) is 24.3 Å². The summed E-state index contributed by atoms with van der Waals surface area (Å²) in [6, 6.07) is 7.74. The zero-order chi connectivity index (χ0) is 15.5. The number of halogens is 1. The van der Waals surface area contributed by atoms with Crippen LogP contribution in [-0.2, 0) is 9.59 Å².